The Bertz CT molecular complexity index is 553. The molecule has 0 aliphatic heterocycles. The number of rotatable bonds is 3. The summed E-state index contributed by atoms with van der Waals surface area (Å²) in [4.78, 5) is 13.0. The molecular formula is C18H21ClO2. The van der Waals surface area contributed by atoms with Crippen molar-refractivity contribution in [2.24, 2.45) is 29.6 Å². The number of ether oxygens (including phenoxy) is 1. The van der Waals surface area contributed by atoms with Crippen molar-refractivity contribution in [3.05, 3.63) is 28.8 Å². The number of halogens is 1. The lowest BCUT2D eigenvalue weighted by molar-refractivity contribution is -0.0251. The van der Waals surface area contributed by atoms with Gasteiger partial charge in [-0.1, -0.05) is 11.6 Å². The third-order valence-electron chi connectivity index (χ3n) is 5.97. The molecule has 4 bridgehead atoms. The Morgan fingerprint density at radius 1 is 1.10 bits per heavy atom. The zero-order chi connectivity index (χ0) is 14.6. The average Bonchev–Trinajstić information content (AvgIpc) is 2.45. The summed E-state index contributed by atoms with van der Waals surface area (Å²) < 4.78 is 5.18. The highest BCUT2D eigenvalue weighted by Crippen LogP contribution is 2.57. The van der Waals surface area contributed by atoms with E-state index in [0.717, 1.165) is 17.4 Å². The van der Waals surface area contributed by atoms with Gasteiger partial charge in [0.05, 0.1) is 12.1 Å². The number of benzene rings is 1. The molecule has 4 aliphatic carbocycles. The van der Waals surface area contributed by atoms with Gasteiger partial charge in [-0.2, -0.15) is 0 Å². The minimum Gasteiger partial charge on any atom is -0.495 e. The van der Waals surface area contributed by atoms with Gasteiger partial charge in [0.2, 0.25) is 0 Å². The van der Waals surface area contributed by atoms with Crippen LogP contribution in [0.3, 0.4) is 0 Å². The summed E-state index contributed by atoms with van der Waals surface area (Å²) in [5, 5.41) is 0.534. The molecule has 0 N–H and O–H groups in total. The fourth-order valence-electron chi connectivity index (χ4n) is 5.37. The second-order valence-electron chi connectivity index (χ2n) is 7.17. The van der Waals surface area contributed by atoms with Crippen LogP contribution in [0.15, 0.2) is 18.2 Å². The summed E-state index contributed by atoms with van der Waals surface area (Å²) in [7, 11) is 1.60. The predicted molar refractivity (Wildman–Crippen MR) is 82.9 cm³/mol. The Labute approximate surface area is 130 Å². The van der Waals surface area contributed by atoms with Crippen LogP contribution in [0, 0.1) is 29.6 Å². The Balaban J connectivity index is 1.61. The van der Waals surface area contributed by atoms with Gasteiger partial charge in [0, 0.05) is 11.5 Å². The first kappa shape index (κ1) is 13.6. The molecule has 0 spiro atoms. The fourth-order valence-corrected chi connectivity index (χ4v) is 5.62. The molecule has 0 heterocycles. The van der Waals surface area contributed by atoms with Crippen LogP contribution >= 0.6 is 11.6 Å². The molecular weight excluding hydrogens is 284 g/mol. The first-order chi connectivity index (χ1) is 10.2. The number of carbonyl (C=O) groups is 1. The van der Waals surface area contributed by atoms with E-state index < -0.39 is 0 Å². The number of hydrogen-bond donors (Lipinski definition) is 0. The Kier molecular flexibility index (Phi) is 3.25. The Morgan fingerprint density at radius 3 is 2.24 bits per heavy atom. The summed E-state index contributed by atoms with van der Waals surface area (Å²) in [5.41, 5.74) is 0.762. The molecule has 112 valence electrons. The van der Waals surface area contributed by atoms with E-state index in [1.807, 2.05) is 12.1 Å². The van der Waals surface area contributed by atoms with Crippen molar-refractivity contribution in [1.82, 2.24) is 0 Å². The van der Waals surface area contributed by atoms with Crippen LogP contribution < -0.4 is 4.74 Å². The van der Waals surface area contributed by atoms with Gasteiger partial charge in [0.25, 0.3) is 0 Å². The van der Waals surface area contributed by atoms with Crippen LogP contribution in [-0.4, -0.2) is 12.9 Å². The third kappa shape index (κ3) is 2.19. The van der Waals surface area contributed by atoms with E-state index in [4.69, 9.17) is 16.3 Å². The minimum absolute atomic E-state index is 0.238. The van der Waals surface area contributed by atoms with Crippen LogP contribution in [0.4, 0.5) is 0 Å². The first-order valence-corrected chi connectivity index (χ1v) is 8.41. The molecule has 1 aromatic rings. The van der Waals surface area contributed by atoms with Crippen molar-refractivity contribution in [3.63, 3.8) is 0 Å². The second-order valence-corrected chi connectivity index (χ2v) is 7.58. The third-order valence-corrected chi connectivity index (χ3v) is 6.26. The molecule has 3 heteroatoms. The molecule has 1 aromatic carbocycles. The molecule has 21 heavy (non-hydrogen) atoms. The molecule has 0 atom stereocenters. The summed E-state index contributed by atoms with van der Waals surface area (Å²) in [6, 6.07) is 5.47. The number of carbonyl (C=O) groups excluding carboxylic acids is 1. The van der Waals surface area contributed by atoms with Gasteiger partial charge >= 0.3 is 0 Å². The van der Waals surface area contributed by atoms with E-state index >= 15 is 0 Å². The van der Waals surface area contributed by atoms with Gasteiger partial charge in [-0.15, -0.1) is 0 Å². The molecule has 4 aliphatic rings. The molecule has 5 rings (SSSR count). The van der Waals surface area contributed by atoms with Gasteiger partial charge in [0.1, 0.15) is 5.75 Å². The summed E-state index contributed by atoms with van der Waals surface area (Å²) in [6.45, 7) is 0. The van der Waals surface area contributed by atoms with E-state index in [-0.39, 0.29) is 5.92 Å². The highest BCUT2D eigenvalue weighted by atomic mass is 35.5. The maximum Gasteiger partial charge on any atom is 0.166 e. The van der Waals surface area contributed by atoms with Crippen LogP contribution in [0.25, 0.3) is 0 Å². The first-order valence-electron chi connectivity index (χ1n) is 8.03. The standard InChI is InChI=1S/C18H21ClO2/c1-21-16-3-2-12(9-15(16)19)18(20)17-13-5-10-4-11(7-13)8-14(17)6-10/h2-3,9-11,13-14,17H,4-8H2,1H3. The SMILES string of the molecule is COc1ccc(C(=O)C2C3CC4CC(C3)CC2C4)cc1Cl. The number of methoxy groups -OCH3 is 1. The Hall–Kier alpha value is -1.02. The quantitative estimate of drug-likeness (QED) is 0.763. The molecule has 0 saturated heterocycles. The van der Waals surface area contributed by atoms with E-state index in [2.05, 4.69) is 0 Å². The van der Waals surface area contributed by atoms with Crippen molar-refractivity contribution in [2.75, 3.05) is 7.11 Å². The van der Waals surface area contributed by atoms with Crippen molar-refractivity contribution >= 4 is 17.4 Å². The second kappa shape index (κ2) is 5.01. The lowest BCUT2D eigenvalue weighted by Crippen LogP contribution is -2.48. The normalized spacial score (nSPS) is 36.8. The largest absolute Gasteiger partial charge is 0.495 e. The topological polar surface area (TPSA) is 26.3 Å². The Morgan fingerprint density at radius 2 is 1.71 bits per heavy atom. The van der Waals surface area contributed by atoms with Crippen LogP contribution in [0.5, 0.6) is 5.75 Å². The van der Waals surface area contributed by atoms with Crippen molar-refractivity contribution < 1.29 is 9.53 Å². The van der Waals surface area contributed by atoms with E-state index in [0.29, 0.717) is 28.4 Å². The predicted octanol–water partition coefficient (Wildman–Crippen LogP) is 4.60. The van der Waals surface area contributed by atoms with Gasteiger partial charge in [0.15, 0.2) is 5.78 Å². The van der Waals surface area contributed by atoms with Crippen LogP contribution in [0.2, 0.25) is 5.02 Å². The average molecular weight is 305 g/mol. The lowest BCUT2D eigenvalue weighted by Gasteiger charge is -2.53. The van der Waals surface area contributed by atoms with Gasteiger partial charge in [-0.3, -0.25) is 4.79 Å². The molecule has 4 saturated carbocycles. The molecule has 4 fully saturated rings. The molecule has 0 radical (unpaired) electrons. The zero-order valence-corrected chi connectivity index (χ0v) is 13.1. The zero-order valence-electron chi connectivity index (χ0n) is 12.3. The van der Waals surface area contributed by atoms with Crippen molar-refractivity contribution in [2.45, 2.75) is 32.1 Å². The summed E-state index contributed by atoms with van der Waals surface area (Å²) >= 11 is 6.19. The monoisotopic (exact) mass is 304 g/mol. The van der Waals surface area contributed by atoms with E-state index in [1.165, 1.54) is 32.1 Å². The molecule has 2 nitrogen and oxygen atoms in total. The maximum atomic E-state index is 13.0. The number of ketones is 1. The smallest absolute Gasteiger partial charge is 0.166 e. The molecule has 0 aromatic heterocycles. The van der Waals surface area contributed by atoms with Crippen molar-refractivity contribution in [3.8, 4) is 5.75 Å². The van der Waals surface area contributed by atoms with E-state index in [9.17, 15) is 4.79 Å². The highest BCUT2D eigenvalue weighted by molar-refractivity contribution is 6.32. The van der Waals surface area contributed by atoms with Crippen LogP contribution in [-0.2, 0) is 0 Å². The summed E-state index contributed by atoms with van der Waals surface area (Å²) in [5.74, 6) is 4.23. The van der Waals surface area contributed by atoms with Crippen LogP contribution in [0.1, 0.15) is 42.5 Å². The van der Waals surface area contributed by atoms with Gasteiger partial charge in [-0.25, -0.2) is 0 Å². The lowest BCUT2D eigenvalue weighted by atomic mass is 9.51. The summed E-state index contributed by atoms with van der Waals surface area (Å²) in [6.07, 6.45) is 6.50. The molecule has 0 amide bonds. The van der Waals surface area contributed by atoms with E-state index in [1.54, 1.807) is 13.2 Å². The van der Waals surface area contributed by atoms with Gasteiger partial charge < -0.3 is 4.74 Å². The van der Waals surface area contributed by atoms with Crippen molar-refractivity contribution in [1.29, 1.82) is 0 Å². The number of hydrogen-bond acceptors (Lipinski definition) is 2. The number of Topliss-reactive ketones (excluding diaryl/α,β-unsaturated/α-hetero) is 1. The fraction of sp³-hybridized carbons (Fsp3) is 0.611. The minimum atomic E-state index is 0.238. The highest BCUT2D eigenvalue weighted by Gasteiger charge is 2.50. The van der Waals surface area contributed by atoms with Gasteiger partial charge in [-0.05, 0) is 74.0 Å². The molecule has 0 unspecified atom stereocenters. The maximum absolute atomic E-state index is 13.0.